The first-order valence-electron chi connectivity index (χ1n) is 10.5. The average Bonchev–Trinajstić information content (AvgIpc) is 2.76. The van der Waals surface area contributed by atoms with E-state index in [1.807, 2.05) is 37.3 Å². The van der Waals surface area contributed by atoms with Gasteiger partial charge in [0.25, 0.3) is 5.91 Å². The summed E-state index contributed by atoms with van der Waals surface area (Å²) in [7, 11) is 0. The summed E-state index contributed by atoms with van der Waals surface area (Å²) in [4.78, 5) is 27.3. The molecular formula is C24H31FN2O3. The zero-order valence-corrected chi connectivity index (χ0v) is 17.8. The van der Waals surface area contributed by atoms with Crippen LogP contribution in [0.15, 0.2) is 54.6 Å². The molecule has 0 bridgehead atoms. The summed E-state index contributed by atoms with van der Waals surface area (Å²) >= 11 is 0. The van der Waals surface area contributed by atoms with Crippen molar-refractivity contribution in [1.82, 2.24) is 10.2 Å². The van der Waals surface area contributed by atoms with Gasteiger partial charge in [-0.3, -0.25) is 9.59 Å². The molecule has 0 aliphatic carbocycles. The number of rotatable bonds is 12. The lowest BCUT2D eigenvalue weighted by atomic mass is 10.1. The number of hydrogen-bond donors (Lipinski definition) is 1. The molecule has 0 fully saturated rings. The van der Waals surface area contributed by atoms with Gasteiger partial charge in [0.2, 0.25) is 5.91 Å². The molecule has 5 nitrogen and oxygen atoms in total. The zero-order chi connectivity index (χ0) is 21.8. The van der Waals surface area contributed by atoms with Crippen LogP contribution < -0.4 is 10.1 Å². The summed E-state index contributed by atoms with van der Waals surface area (Å²) < 4.78 is 19.2. The normalized spacial score (nSPS) is 11.6. The maximum absolute atomic E-state index is 13.8. The zero-order valence-electron chi connectivity index (χ0n) is 17.8. The SMILES string of the molecule is CCCCNC(=O)[C@H](CC)N(CCc1ccccc1)C(=O)COc1ccccc1F. The minimum absolute atomic E-state index is 0.0225. The van der Waals surface area contributed by atoms with Gasteiger partial charge in [0.05, 0.1) is 0 Å². The number of nitrogens with one attached hydrogen (secondary N) is 1. The molecule has 0 radical (unpaired) electrons. The average molecular weight is 415 g/mol. The van der Waals surface area contributed by atoms with Crippen molar-refractivity contribution in [1.29, 1.82) is 0 Å². The molecule has 0 saturated carbocycles. The van der Waals surface area contributed by atoms with Crippen LogP contribution >= 0.6 is 0 Å². The van der Waals surface area contributed by atoms with Gasteiger partial charge in [-0.1, -0.05) is 62.7 Å². The summed E-state index contributed by atoms with van der Waals surface area (Å²) in [6.45, 7) is 4.57. The minimum atomic E-state index is -0.595. The third-order valence-corrected chi connectivity index (χ3v) is 4.89. The van der Waals surface area contributed by atoms with Gasteiger partial charge in [0.15, 0.2) is 18.2 Å². The highest BCUT2D eigenvalue weighted by atomic mass is 19.1. The maximum atomic E-state index is 13.8. The molecule has 0 unspecified atom stereocenters. The lowest BCUT2D eigenvalue weighted by Gasteiger charge is -2.30. The van der Waals surface area contributed by atoms with Crippen LogP contribution in [0.2, 0.25) is 0 Å². The summed E-state index contributed by atoms with van der Waals surface area (Å²) in [5.41, 5.74) is 1.08. The van der Waals surface area contributed by atoms with Crippen LogP contribution in [0.4, 0.5) is 4.39 Å². The summed E-state index contributed by atoms with van der Waals surface area (Å²) in [5.74, 6) is -1.01. The molecule has 0 saturated heterocycles. The van der Waals surface area contributed by atoms with Crippen molar-refractivity contribution in [3.8, 4) is 5.75 Å². The molecule has 6 heteroatoms. The second-order valence-corrected chi connectivity index (χ2v) is 7.11. The van der Waals surface area contributed by atoms with E-state index in [0.717, 1.165) is 18.4 Å². The lowest BCUT2D eigenvalue weighted by Crippen LogP contribution is -2.51. The van der Waals surface area contributed by atoms with E-state index >= 15 is 0 Å². The predicted octanol–water partition coefficient (Wildman–Crippen LogP) is 3.97. The van der Waals surface area contributed by atoms with Crippen LogP contribution in [-0.4, -0.2) is 42.5 Å². The molecule has 162 valence electrons. The fourth-order valence-corrected chi connectivity index (χ4v) is 3.19. The quantitative estimate of drug-likeness (QED) is 0.535. The Kier molecular flexibility index (Phi) is 9.84. The van der Waals surface area contributed by atoms with Crippen molar-refractivity contribution in [3.63, 3.8) is 0 Å². The Hall–Kier alpha value is -2.89. The number of unbranched alkanes of at least 4 members (excludes halogenated alkanes) is 1. The summed E-state index contributed by atoms with van der Waals surface area (Å²) in [6.07, 6.45) is 2.96. The summed E-state index contributed by atoms with van der Waals surface area (Å²) in [6, 6.07) is 15.2. The largest absolute Gasteiger partial charge is 0.481 e. The molecule has 0 aromatic heterocycles. The number of benzene rings is 2. The van der Waals surface area contributed by atoms with Crippen LogP contribution in [0.5, 0.6) is 5.75 Å². The highest BCUT2D eigenvalue weighted by Gasteiger charge is 2.28. The second kappa shape index (κ2) is 12.6. The van der Waals surface area contributed by atoms with Crippen LogP contribution in [0.1, 0.15) is 38.7 Å². The minimum Gasteiger partial charge on any atom is -0.481 e. The van der Waals surface area contributed by atoms with Crippen molar-refractivity contribution in [2.24, 2.45) is 0 Å². The smallest absolute Gasteiger partial charge is 0.261 e. The molecule has 2 amide bonds. The number of nitrogens with zero attached hydrogens (tertiary/aromatic N) is 1. The van der Waals surface area contributed by atoms with Crippen molar-refractivity contribution in [2.75, 3.05) is 19.7 Å². The van der Waals surface area contributed by atoms with Crippen LogP contribution in [0.3, 0.4) is 0 Å². The number of ether oxygens (including phenoxy) is 1. The van der Waals surface area contributed by atoms with Gasteiger partial charge in [-0.05, 0) is 37.0 Å². The Bertz CT molecular complexity index is 798. The van der Waals surface area contributed by atoms with E-state index in [9.17, 15) is 14.0 Å². The van der Waals surface area contributed by atoms with Gasteiger partial charge >= 0.3 is 0 Å². The van der Waals surface area contributed by atoms with Gasteiger partial charge in [-0.25, -0.2) is 4.39 Å². The van der Waals surface area contributed by atoms with Crippen molar-refractivity contribution in [3.05, 3.63) is 66.0 Å². The molecule has 30 heavy (non-hydrogen) atoms. The van der Waals surface area contributed by atoms with E-state index in [1.54, 1.807) is 17.0 Å². The third-order valence-electron chi connectivity index (χ3n) is 4.89. The fourth-order valence-electron chi connectivity index (χ4n) is 3.19. The van der Waals surface area contributed by atoms with Gasteiger partial charge in [-0.2, -0.15) is 0 Å². The highest BCUT2D eigenvalue weighted by Crippen LogP contribution is 2.16. The number of carbonyl (C=O) groups excluding carboxylic acids is 2. The number of halogens is 1. The van der Waals surface area contributed by atoms with E-state index < -0.39 is 11.9 Å². The third kappa shape index (κ3) is 7.17. The standard InChI is InChI=1S/C24H31FN2O3/c1-3-5-16-26-24(29)21(4-2)27(17-15-19-11-7-6-8-12-19)23(28)18-30-22-14-10-9-13-20(22)25/h6-14,21H,3-5,15-18H2,1-2H3,(H,26,29)/t21-/m0/s1. The van der Waals surface area contributed by atoms with Gasteiger partial charge in [-0.15, -0.1) is 0 Å². The molecular weight excluding hydrogens is 383 g/mol. The molecule has 2 aromatic rings. The Balaban J connectivity index is 2.10. The number of carbonyl (C=O) groups is 2. The molecule has 1 N–H and O–H groups in total. The Morgan fingerprint density at radius 3 is 2.43 bits per heavy atom. The number of amides is 2. The first-order valence-corrected chi connectivity index (χ1v) is 10.5. The van der Waals surface area contributed by atoms with Crippen LogP contribution in [-0.2, 0) is 16.0 Å². The number of hydrogen-bond acceptors (Lipinski definition) is 3. The van der Waals surface area contributed by atoms with Gasteiger partial charge < -0.3 is 15.0 Å². The van der Waals surface area contributed by atoms with E-state index in [1.165, 1.54) is 12.1 Å². The van der Waals surface area contributed by atoms with E-state index in [4.69, 9.17) is 4.74 Å². The lowest BCUT2D eigenvalue weighted by molar-refractivity contribution is -0.142. The monoisotopic (exact) mass is 414 g/mol. The molecule has 0 aliphatic rings. The highest BCUT2D eigenvalue weighted by molar-refractivity contribution is 5.88. The van der Waals surface area contributed by atoms with E-state index in [2.05, 4.69) is 12.2 Å². The Morgan fingerprint density at radius 2 is 1.77 bits per heavy atom. The molecule has 0 aliphatic heterocycles. The maximum Gasteiger partial charge on any atom is 0.261 e. The van der Waals surface area contributed by atoms with Crippen molar-refractivity contribution < 1.29 is 18.7 Å². The van der Waals surface area contributed by atoms with Crippen LogP contribution in [0, 0.1) is 5.82 Å². The first kappa shape index (κ1) is 23.4. The number of para-hydroxylation sites is 1. The molecule has 1 atom stereocenters. The summed E-state index contributed by atoms with van der Waals surface area (Å²) in [5, 5.41) is 2.92. The molecule has 2 aromatic carbocycles. The van der Waals surface area contributed by atoms with E-state index in [-0.39, 0.29) is 24.2 Å². The molecule has 2 rings (SSSR count). The van der Waals surface area contributed by atoms with Crippen molar-refractivity contribution in [2.45, 2.75) is 45.6 Å². The predicted molar refractivity (Wildman–Crippen MR) is 116 cm³/mol. The Morgan fingerprint density at radius 1 is 1.07 bits per heavy atom. The topological polar surface area (TPSA) is 58.6 Å². The van der Waals surface area contributed by atoms with Crippen LogP contribution in [0.25, 0.3) is 0 Å². The van der Waals surface area contributed by atoms with Crippen molar-refractivity contribution >= 4 is 11.8 Å². The Labute approximate surface area is 178 Å². The van der Waals surface area contributed by atoms with E-state index in [0.29, 0.717) is 25.9 Å². The molecule has 0 spiro atoms. The first-order chi connectivity index (χ1) is 14.6. The van der Waals surface area contributed by atoms with Gasteiger partial charge in [0, 0.05) is 13.1 Å². The molecule has 0 heterocycles. The second-order valence-electron chi connectivity index (χ2n) is 7.11. The fraction of sp³-hybridized carbons (Fsp3) is 0.417. The van der Waals surface area contributed by atoms with Gasteiger partial charge in [0.1, 0.15) is 6.04 Å².